The van der Waals surface area contributed by atoms with Gasteiger partial charge in [0.1, 0.15) is 9.88 Å². The Labute approximate surface area is 166 Å². The van der Waals surface area contributed by atoms with Gasteiger partial charge in [0.15, 0.2) is 0 Å². The molecule has 5 heteroatoms. The fraction of sp³-hybridized carbons (Fsp3) is 0.455. The smallest absolute Gasteiger partial charge is 0.263 e. The molecule has 2 aromatic rings. The van der Waals surface area contributed by atoms with Crippen molar-refractivity contribution >= 4 is 17.2 Å². The summed E-state index contributed by atoms with van der Waals surface area (Å²) in [5, 5.41) is 4.13. The molecule has 0 bridgehead atoms. The largest absolute Gasteiger partial charge is 0.348 e. The molecule has 144 valence electrons. The Hall–Kier alpha value is -1.98. The zero-order valence-corrected chi connectivity index (χ0v) is 17.4. The minimum Gasteiger partial charge on any atom is -0.348 e. The number of nitrogens with zero attached hydrogens (tertiary/aromatic N) is 2. The second kappa shape index (κ2) is 8.81. The van der Waals surface area contributed by atoms with Gasteiger partial charge >= 0.3 is 0 Å². The Morgan fingerprint density at radius 3 is 2.56 bits per heavy atom. The van der Waals surface area contributed by atoms with Gasteiger partial charge in [-0.25, -0.2) is 4.98 Å². The molecular formula is C22H29N3OS. The average Bonchev–Trinajstić information content (AvgIpc) is 3.05. The zero-order chi connectivity index (χ0) is 19.4. The molecule has 4 nitrogen and oxygen atoms in total. The first-order chi connectivity index (χ1) is 13.0. The summed E-state index contributed by atoms with van der Waals surface area (Å²) < 4.78 is 0. The van der Waals surface area contributed by atoms with Crippen molar-refractivity contribution in [1.29, 1.82) is 0 Å². The van der Waals surface area contributed by atoms with Gasteiger partial charge < -0.3 is 5.32 Å². The summed E-state index contributed by atoms with van der Waals surface area (Å²) in [6.45, 7) is 13.1. The van der Waals surface area contributed by atoms with Crippen LogP contribution < -0.4 is 5.32 Å². The van der Waals surface area contributed by atoms with Crippen molar-refractivity contribution in [1.82, 2.24) is 15.2 Å². The Bertz CT molecular complexity index is 801. The minimum absolute atomic E-state index is 0.0137. The number of piperidine rings is 1. The molecule has 1 aromatic carbocycles. The summed E-state index contributed by atoms with van der Waals surface area (Å²) in [6, 6.07) is 8.69. The van der Waals surface area contributed by atoms with Crippen LogP contribution in [-0.4, -0.2) is 41.5 Å². The third kappa shape index (κ3) is 5.05. The summed E-state index contributed by atoms with van der Waals surface area (Å²) in [7, 11) is 0. The van der Waals surface area contributed by atoms with Crippen LogP contribution in [0.1, 0.15) is 47.6 Å². The van der Waals surface area contributed by atoms with Gasteiger partial charge in [-0.15, -0.1) is 11.3 Å². The number of hydrogen-bond acceptors (Lipinski definition) is 4. The summed E-state index contributed by atoms with van der Waals surface area (Å²) in [5.74, 6) is 0.0137. The maximum Gasteiger partial charge on any atom is 0.263 e. The molecule has 1 aliphatic rings. The van der Waals surface area contributed by atoms with Crippen LogP contribution in [0.5, 0.6) is 0 Å². The molecule has 0 radical (unpaired) electrons. The molecule has 0 aliphatic carbocycles. The molecule has 0 unspecified atom stereocenters. The summed E-state index contributed by atoms with van der Waals surface area (Å²) in [6.07, 6.45) is 3.00. The lowest BCUT2D eigenvalue weighted by atomic mass is 10.0. The number of likely N-dealkylation sites (tertiary alicyclic amines) is 1. The Morgan fingerprint density at radius 2 is 1.96 bits per heavy atom. The minimum atomic E-state index is 0.0137. The molecule has 1 fully saturated rings. The van der Waals surface area contributed by atoms with E-state index in [9.17, 15) is 4.79 Å². The van der Waals surface area contributed by atoms with Crippen molar-refractivity contribution < 1.29 is 4.79 Å². The maximum absolute atomic E-state index is 12.8. The lowest BCUT2D eigenvalue weighted by Gasteiger charge is -2.32. The van der Waals surface area contributed by atoms with Gasteiger partial charge in [0.25, 0.3) is 5.91 Å². The SMILES string of the molecule is C=C(C)CN1CCC(NC(=O)c2sc(-c3ccc(CC)cc3)nc2C)CC1. The summed E-state index contributed by atoms with van der Waals surface area (Å²) >= 11 is 1.49. The highest BCUT2D eigenvalue weighted by Gasteiger charge is 2.23. The third-order valence-electron chi connectivity index (χ3n) is 5.03. The highest BCUT2D eigenvalue weighted by molar-refractivity contribution is 7.17. The second-order valence-corrected chi connectivity index (χ2v) is 8.46. The van der Waals surface area contributed by atoms with Gasteiger partial charge in [0.2, 0.25) is 0 Å². The first-order valence-electron chi connectivity index (χ1n) is 9.70. The first-order valence-corrected chi connectivity index (χ1v) is 10.5. The van der Waals surface area contributed by atoms with E-state index < -0.39 is 0 Å². The van der Waals surface area contributed by atoms with Gasteiger partial charge in [-0.05, 0) is 38.7 Å². The van der Waals surface area contributed by atoms with Crippen LogP contribution in [0.3, 0.4) is 0 Å². The quantitative estimate of drug-likeness (QED) is 0.750. The lowest BCUT2D eigenvalue weighted by Crippen LogP contribution is -2.44. The zero-order valence-electron chi connectivity index (χ0n) is 16.5. The normalized spacial score (nSPS) is 15.7. The van der Waals surface area contributed by atoms with Crippen LogP contribution in [0.2, 0.25) is 0 Å². The predicted molar refractivity (Wildman–Crippen MR) is 113 cm³/mol. The number of aromatic nitrogens is 1. The van der Waals surface area contributed by atoms with Crippen molar-refractivity contribution in [3.05, 3.63) is 52.6 Å². The van der Waals surface area contributed by atoms with Crippen molar-refractivity contribution in [3.8, 4) is 10.6 Å². The number of thiazole rings is 1. The van der Waals surface area contributed by atoms with E-state index in [1.165, 1.54) is 22.5 Å². The van der Waals surface area contributed by atoms with Crippen LogP contribution in [0, 0.1) is 6.92 Å². The van der Waals surface area contributed by atoms with Crippen molar-refractivity contribution in [2.24, 2.45) is 0 Å². The van der Waals surface area contributed by atoms with E-state index in [2.05, 4.69) is 59.9 Å². The Balaban J connectivity index is 1.62. The van der Waals surface area contributed by atoms with Crippen LogP contribution in [0.25, 0.3) is 10.6 Å². The molecule has 0 atom stereocenters. The average molecular weight is 384 g/mol. The number of carbonyl (C=O) groups is 1. The number of benzene rings is 1. The Kier molecular flexibility index (Phi) is 6.45. The molecule has 0 saturated carbocycles. The molecule has 1 N–H and O–H groups in total. The summed E-state index contributed by atoms with van der Waals surface area (Å²) in [4.78, 5) is 20.5. The molecule has 2 heterocycles. The van der Waals surface area contributed by atoms with Gasteiger partial charge in [0.05, 0.1) is 5.69 Å². The number of rotatable bonds is 6. The molecule has 1 aromatic heterocycles. The standard InChI is InChI=1S/C22H29N3OS/c1-5-17-6-8-18(9-7-17)22-23-16(4)20(27-22)21(26)24-19-10-12-25(13-11-19)14-15(2)3/h6-9,19H,2,5,10-14H2,1,3-4H3,(H,24,26). The van der Waals surface area contributed by atoms with Crippen LogP contribution in [-0.2, 0) is 6.42 Å². The van der Waals surface area contributed by atoms with Crippen LogP contribution in [0.4, 0.5) is 0 Å². The highest BCUT2D eigenvalue weighted by atomic mass is 32.1. The van der Waals surface area contributed by atoms with Gasteiger partial charge in [0, 0.05) is 31.2 Å². The van der Waals surface area contributed by atoms with E-state index in [-0.39, 0.29) is 11.9 Å². The molecule has 1 saturated heterocycles. The number of nitrogens with one attached hydrogen (secondary N) is 1. The predicted octanol–water partition coefficient (Wildman–Crippen LogP) is 4.45. The monoisotopic (exact) mass is 383 g/mol. The van der Waals surface area contributed by atoms with Gasteiger partial charge in [-0.2, -0.15) is 0 Å². The highest BCUT2D eigenvalue weighted by Crippen LogP contribution is 2.28. The Morgan fingerprint density at radius 1 is 1.30 bits per heavy atom. The van der Waals surface area contributed by atoms with Crippen molar-refractivity contribution in [2.45, 2.75) is 46.1 Å². The van der Waals surface area contributed by atoms with Crippen molar-refractivity contribution in [2.75, 3.05) is 19.6 Å². The topological polar surface area (TPSA) is 45.2 Å². The third-order valence-corrected chi connectivity index (χ3v) is 6.23. The van der Waals surface area contributed by atoms with E-state index in [1.807, 2.05) is 6.92 Å². The number of carbonyl (C=O) groups excluding carboxylic acids is 1. The first kappa shape index (κ1) is 19.8. The van der Waals surface area contributed by atoms with Gasteiger partial charge in [-0.1, -0.05) is 43.3 Å². The van der Waals surface area contributed by atoms with Crippen LogP contribution in [0.15, 0.2) is 36.4 Å². The van der Waals surface area contributed by atoms with E-state index >= 15 is 0 Å². The molecule has 27 heavy (non-hydrogen) atoms. The maximum atomic E-state index is 12.8. The molecule has 1 amide bonds. The molecule has 0 spiro atoms. The molecular weight excluding hydrogens is 354 g/mol. The van der Waals surface area contributed by atoms with E-state index in [1.54, 1.807) is 0 Å². The second-order valence-electron chi connectivity index (χ2n) is 7.47. The van der Waals surface area contributed by atoms with Crippen LogP contribution >= 0.6 is 11.3 Å². The van der Waals surface area contributed by atoms with Gasteiger partial charge in [-0.3, -0.25) is 9.69 Å². The molecule has 3 rings (SSSR count). The lowest BCUT2D eigenvalue weighted by molar-refractivity contribution is 0.0917. The van der Waals surface area contributed by atoms with E-state index in [4.69, 9.17) is 0 Å². The van der Waals surface area contributed by atoms with Crippen molar-refractivity contribution in [3.63, 3.8) is 0 Å². The van der Waals surface area contributed by atoms with E-state index in [0.717, 1.165) is 60.0 Å². The fourth-order valence-electron chi connectivity index (χ4n) is 3.48. The summed E-state index contributed by atoms with van der Waals surface area (Å²) in [5.41, 5.74) is 4.39. The van der Waals surface area contributed by atoms with E-state index in [0.29, 0.717) is 0 Å². The number of amides is 1. The molecule has 1 aliphatic heterocycles. The number of aryl methyl sites for hydroxylation is 2. The fourth-order valence-corrected chi connectivity index (χ4v) is 4.46. The number of hydrogen-bond donors (Lipinski definition) is 1.